The van der Waals surface area contributed by atoms with E-state index in [0.29, 0.717) is 17.0 Å². The van der Waals surface area contributed by atoms with Crippen molar-refractivity contribution in [3.8, 4) is 5.69 Å². The molecule has 3 rings (SSSR count). The van der Waals surface area contributed by atoms with E-state index in [4.69, 9.17) is 11.6 Å². The maximum absolute atomic E-state index is 12.3. The van der Waals surface area contributed by atoms with Gasteiger partial charge < -0.3 is 0 Å². The molecule has 104 valence electrons. The molecule has 3 nitrogen and oxygen atoms in total. The Bertz CT molecular complexity index is 748. The van der Waals surface area contributed by atoms with Crippen molar-refractivity contribution in [2.75, 3.05) is 0 Å². The van der Waals surface area contributed by atoms with Gasteiger partial charge in [0.25, 0.3) is 0 Å². The predicted octanol–water partition coefficient (Wildman–Crippen LogP) is 3.95. The van der Waals surface area contributed by atoms with Crippen LogP contribution in [0.3, 0.4) is 0 Å². The number of hydrogen-bond donors (Lipinski definition) is 0. The van der Waals surface area contributed by atoms with Gasteiger partial charge >= 0.3 is 0 Å². The quantitative estimate of drug-likeness (QED) is 0.683. The van der Waals surface area contributed by atoms with Gasteiger partial charge in [-0.1, -0.05) is 41.9 Å². The first-order valence-electron chi connectivity index (χ1n) is 6.60. The van der Waals surface area contributed by atoms with Gasteiger partial charge in [0.15, 0.2) is 5.78 Å². The van der Waals surface area contributed by atoms with Gasteiger partial charge in [-0.3, -0.25) is 4.79 Å². The topological polar surface area (TPSA) is 34.9 Å². The van der Waals surface area contributed by atoms with E-state index in [-0.39, 0.29) is 5.78 Å². The monoisotopic (exact) mass is 296 g/mol. The van der Waals surface area contributed by atoms with Gasteiger partial charge in [-0.05, 0) is 29.8 Å². The van der Waals surface area contributed by atoms with E-state index < -0.39 is 0 Å². The molecule has 1 aromatic heterocycles. The largest absolute Gasteiger partial charge is 0.294 e. The molecule has 0 saturated carbocycles. The molecule has 0 aliphatic rings. The Morgan fingerprint density at radius 2 is 1.76 bits per heavy atom. The van der Waals surface area contributed by atoms with Crippen LogP contribution in [0.2, 0.25) is 5.02 Å². The SMILES string of the molecule is O=C(Cc1ccc(Cl)cc1)c1cnn(-c2ccccc2)c1. The Balaban J connectivity index is 1.77. The van der Waals surface area contributed by atoms with E-state index in [1.807, 2.05) is 42.5 Å². The molecule has 0 unspecified atom stereocenters. The van der Waals surface area contributed by atoms with Gasteiger partial charge in [-0.2, -0.15) is 5.10 Å². The van der Waals surface area contributed by atoms with Crippen molar-refractivity contribution in [3.63, 3.8) is 0 Å². The van der Waals surface area contributed by atoms with E-state index in [1.54, 1.807) is 29.2 Å². The molecule has 0 aliphatic heterocycles. The van der Waals surface area contributed by atoms with Gasteiger partial charge in [0.2, 0.25) is 0 Å². The lowest BCUT2D eigenvalue weighted by Gasteiger charge is -2.00. The van der Waals surface area contributed by atoms with Crippen molar-refractivity contribution >= 4 is 17.4 Å². The van der Waals surface area contributed by atoms with Crippen LogP contribution in [0.15, 0.2) is 67.0 Å². The zero-order valence-electron chi connectivity index (χ0n) is 11.2. The van der Waals surface area contributed by atoms with Gasteiger partial charge in [0.1, 0.15) is 0 Å². The van der Waals surface area contributed by atoms with Crippen molar-refractivity contribution in [2.24, 2.45) is 0 Å². The van der Waals surface area contributed by atoms with Crippen molar-refractivity contribution in [1.82, 2.24) is 9.78 Å². The Morgan fingerprint density at radius 1 is 1.05 bits per heavy atom. The molecule has 0 amide bonds. The number of carbonyl (C=O) groups is 1. The molecular weight excluding hydrogens is 284 g/mol. The molecule has 0 aliphatic carbocycles. The van der Waals surface area contributed by atoms with E-state index in [9.17, 15) is 4.79 Å². The third-order valence-corrected chi connectivity index (χ3v) is 3.46. The first-order chi connectivity index (χ1) is 10.2. The van der Waals surface area contributed by atoms with E-state index in [2.05, 4.69) is 5.10 Å². The number of halogens is 1. The molecule has 0 spiro atoms. The maximum atomic E-state index is 12.3. The first-order valence-corrected chi connectivity index (χ1v) is 6.98. The fourth-order valence-electron chi connectivity index (χ4n) is 2.08. The summed E-state index contributed by atoms with van der Waals surface area (Å²) in [5.74, 6) is 0.0412. The Kier molecular flexibility index (Phi) is 3.84. The molecule has 4 heteroatoms. The lowest BCUT2D eigenvalue weighted by molar-refractivity contribution is 0.0993. The molecule has 0 N–H and O–H groups in total. The Hall–Kier alpha value is -2.39. The summed E-state index contributed by atoms with van der Waals surface area (Å²) in [4.78, 5) is 12.3. The number of carbonyl (C=O) groups excluding carboxylic acids is 1. The highest BCUT2D eigenvalue weighted by molar-refractivity contribution is 6.30. The Morgan fingerprint density at radius 3 is 2.48 bits per heavy atom. The molecule has 21 heavy (non-hydrogen) atoms. The third kappa shape index (κ3) is 3.20. The lowest BCUT2D eigenvalue weighted by atomic mass is 10.1. The molecule has 0 atom stereocenters. The second kappa shape index (κ2) is 5.94. The summed E-state index contributed by atoms with van der Waals surface area (Å²) in [6.45, 7) is 0. The summed E-state index contributed by atoms with van der Waals surface area (Å²) in [5, 5.41) is 4.91. The molecule has 3 aromatic rings. The fourth-order valence-corrected chi connectivity index (χ4v) is 2.20. The van der Waals surface area contributed by atoms with Crippen molar-refractivity contribution in [2.45, 2.75) is 6.42 Å². The molecular formula is C17H13ClN2O. The normalized spacial score (nSPS) is 10.5. The van der Waals surface area contributed by atoms with Crippen LogP contribution in [0.25, 0.3) is 5.69 Å². The van der Waals surface area contributed by atoms with Crippen LogP contribution in [0.5, 0.6) is 0 Å². The molecule has 0 saturated heterocycles. The molecule has 0 bridgehead atoms. The van der Waals surface area contributed by atoms with Crippen LogP contribution >= 0.6 is 11.6 Å². The standard InChI is InChI=1S/C17H13ClN2O/c18-15-8-6-13(7-9-15)10-17(21)14-11-19-20(12-14)16-4-2-1-3-5-16/h1-9,11-12H,10H2. The van der Waals surface area contributed by atoms with Crippen molar-refractivity contribution in [3.05, 3.63) is 83.1 Å². The number of aromatic nitrogens is 2. The van der Waals surface area contributed by atoms with Crippen LogP contribution < -0.4 is 0 Å². The zero-order valence-corrected chi connectivity index (χ0v) is 12.0. The van der Waals surface area contributed by atoms with E-state index in [0.717, 1.165) is 11.3 Å². The fraction of sp³-hybridized carbons (Fsp3) is 0.0588. The number of Topliss-reactive ketones (excluding diaryl/α,β-unsaturated/α-hetero) is 1. The highest BCUT2D eigenvalue weighted by Crippen LogP contribution is 2.13. The predicted molar refractivity (Wildman–Crippen MR) is 83.1 cm³/mol. The number of hydrogen-bond acceptors (Lipinski definition) is 2. The lowest BCUT2D eigenvalue weighted by Crippen LogP contribution is -2.02. The van der Waals surface area contributed by atoms with Crippen LogP contribution in [0.1, 0.15) is 15.9 Å². The minimum absolute atomic E-state index is 0.0412. The summed E-state index contributed by atoms with van der Waals surface area (Å²) in [6.07, 6.45) is 3.70. The minimum atomic E-state index is 0.0412. The molecule has 0 fully saturated rings. The summed E-state index contributed by atoms with van der Waals surface area (Å²) in [7, 11) is 0. The van der Waals surface area contributed by atoms with E-state index >= 15 is 0 Å². The average Bonchev–Trinajstić information content (AvgIpc) is 3.00. The van der Waals surface area contributed by atoms with Crippen LogP contribution in [-0.4, -0.2) is 15.6 Å². The number of benzene rings is 2. The molecule has 1 heterocycles. The smallest absolute Gasteiger partial charge is 0.170 e. The zero-order chi connectivity index (χ0) is 14.7. The van der Waals surface area contributed by atoms with Crippen LogP contribution in [0, 0.1) is 0 Å². The number of rotatable bonds is 4. The van der Waals surface area contributed by atoms with Gasteiger partial charge in [-0.15, -0.1) is 0 Å². The summed E-state index contributed by atoms with van der Waals surface area (Å²) in [5.41, 5.74) is 2.48. The third-order valence-electron chi connectivity index (χ3n) is 3.20. The second-order valence-corrected chi connectivity index (χ2v) is 5.17. The summed E-state index contributed by atoms with van der Waals surface area (Å²) >= 11 is 5.84. The van der Waals surface area contributed by atoms with Gasteiger partial charge in [0, 0.05) is 17.6 Å². The maximum Gasteiger partial charge on any atom is 0.170 e. The van der Waals surface area contributed by atoms with Gasteiger partial charge in [0.05, 0.1) is 17.4 Å². The van der Waals surface area contributed by atoms with Crippen LogP contribution in [-0.2, 0) is 6.42 Å². The van der Waals surface area contributed by atoms with Crippen LogP contribution in [0.4, 0.5) is 0 Å². The number of para-hydroxylation sites is 1. The van der Waals surface area contributed by atoms with Crippen molar-refractivity contribution in [1.29, 1.82) is 0 Å². The van der Waals surface area contributed by atoms with Gasteiger partial charge in [-0.25, -0.2) is 4.68 Å². The summed E-state index contributed by atoms with van der Waals surface area (Å²) in [6, 6.07) is 17.0. The average molecular weight is 297 g/mol. The highest BCUT2D eigenvalue weighted by Gasteiger charge is 2.10. The Labute approximate surface area is 127 Å². The highest BCUT2D eigenvalue weighted by atomic mass is 35.5. The second-order valence-electron chi connectivity index (χ2n) is 4.74. The molecule has 2 aromatic carbocycles. The molecule has 0 radical (unpaired) electrons. The summed E-state index contributed by atoms with van der Waals surface area (Å²) < 4.78 is 1.70. The first kappa shape index (κ1) is 13.6. The number of nitrogens with zero attached hydrogens (tertiary/aromatic N) is 2. The minimum Gasteiger partial charge on any atom is -0.294 e. The number of ketones is 1. The van der Waals surface area contributed by atoms with E-state index in [1.165, 1.54) is 0 Å². The van der Waals surface area contributed by atoms with Crippen molar-refractivity contribution < 1.29 is 4.79 Å².